The van der Waals surface area contributed by atoms with Gasteiger partial charge in [0, 0.05) is 6.04 Å². The third-order valence-electron chi connectivity index (χ3n) is 5.20. The van der Waals surface area contributed by atoms with Crippen molar-refractivity contribution in [2.45, 2.75) is 32.2 Å². The van der Waals surface area contributed by atoms with Crippen LogP contribution in [-0.2, 0) is 11.2 Å². The normalized spacial score (nSPS) is 11.8. The van der Waals surface area contributed by atoms with Gasteiger partial charge in [-0.2, -0.15) is 0 Å². The molecule has 2 aromatic rings. The Morgan fingerprint density at radius 1 is 0.933 bits per heavy atom. The molecule has 1 atom stereocenters. The molecular formula is C24H33NO5. The minimum Gasteiger partial charge on any atom is -0.497 e. The number of methoxy groups -OCH3 is 3. The second-order valence-electron chi connectivity index (χ2n) is 7.29. The highest BCUT2D eigenvalue weighted by Crippen LogP contribution is 2.27. The Morgan fingerprint density at radius 2 is 1.63 bits per heavy atom. The maximum atomic E-state index is 12.2. The van der Waals surface area contributed by atoms with Crippen LogP contribution in [-0.4, -0.2) is 58.4 Å². The van der Waals surface area contributed by atoms with Crippen LogP contribution in [0.15, 0.2) is 42.5 Å². The van der Waals surface area contributed by atoms with Gasteiger partial charge in [-0.3, -0.25) is 0 Å². The fourth-order valence-electron chi connectivity index (χ4n) is 3.15. The van der Waals surface area contributed by atoms with Crippen LogP contribution in [0.1, 0.15) is 35.7 Å². The van der Waals surface area contributed by atoms with E-state index >= 15 is 0 Å². The summed E-state index contributed by atoms with van der Waals surface area (Å²) in [5.41, 5.74) is 1.75. The van der Waals surface area contributed by atoms with Crippen LogP contribution in [0.5, 0.6) is 17.2 Å². The van der Waals surface area contributed by atoms with Gasteiger partial charge in [-0.1, -0.05) is 12.1 Å². The van der Waals surface area contributed by atoms with Gasteiger partial charge in [0.1, 0.15) is 5.75 Å². The van der Waals surface area contributed by atoms with E-state index in [1.807, 2.05) is 12.1 Å². The lowest BCUT2D eigenvalue weighted by atomic mass is 10.1. The molecular weight excluding hydrogens is 382 g/mol. The molecule has 6 nitrogen and oxygen atoms in total. The number of esters is 1. The van der Waals surface area contributed by atoms with Crippen LogP contribution in [0.3, 0.4) is 0 Å². The minimum atomic E-state index is -0.350. The number of benzene rings is 2. The number of carbonyl (C=O) groups is 1. The van der Waals surface area contributed by atoms with Crippen LogP contribution in [0.25, 0.3) is 0 Å². The van der Waals surface area contributed by atoms with Crippen LogP contribution >= 0.6 is 0 Å². The summed E-state index contributed by atoms with van der Waals surface area (Å²) in [4.78, 5) is 14.6. The van der Waals surface area contributed by atoms with Gasteiger partial charge < -0.3 is 23.8 Å². The van der Waals surface area contributed by atoms with Crippen molar-refractivity contribution in [1.29, 1.82) is 0 Å². The Balaban J connectivity index is 1.69. The van der Waals surface area contributed by atoms with Gasteiger partial charge in [-0.25, -0.2) is 4.79 Å². The van der Waals surface area contributed by atoms with E-state index < -0.39 is 0 Å². The Morgan fingerprint density at radius 3 is 2.27 bits per heavy atom. The highest BCUT2D eigenvalue weighted by molar-refractivity contribution is 5.90. The van der Waals surface area contributed by atoms with E-state index in [4.69, 9.17) is 18.9 Å². The number of nitrogens with zero attached hydrogens (tertiary/aromatic N) is 1. The summed E-state index contributed by atoms with van der Waals surface area (Å²) in [5, 5.41) is 0. The average Bonchev–Trinajstić information content (AvgIpc) is 2.78. The van der Waals surface area contributed by atoms with Gasteiger partial charge in [0.15, 0.2) is 11.5 Å². The standard InChI is InChI=1S/C24H33NO5/c1-18(16-19-8-11-21(27-3)12-9-19)25(2)14-6-7-15-30-24(26)20-10-13-22(28-4)23(17-20)29-5/h8-13,17-18H,6-7,14-16H2,1-5H3. The minimum absolute atomic E-state index is 0.350. The highest BCUT2D eigenvalue weighted by Gasteiger charge is 2.13. The summed E-state index contributed by atoms with van der Waals surface area (Å²) >= 11 is 0. The van der Waals surface area contributed by atoms with Crippen LogP contribution in [0, 0.1) is 0 Å². The predicted molar refractivity (Wildman–Crippen MR) is 118 cm³/mol. The third-order valence-corrected chi connectivity index (χ3v) is 5.20. The molecule has 0 fully saturated rings. The van der Waals surface area contributed by atoms with E-state index in [-0.39, 0.29) is 5.97 Å². The summed E-state index contributed by atoms with van der Waals surface area (Å²) in [6, 6.07) is 13.6. The summed E-state index contributed by atoms with van der Waals surface area (Å²) in [7, 11) is 6.91. The molecule has 0 heterocycles. The lowest BCUT2D eigenvalue weighted by molar-refractivity contribution is 0.0494. The molecule has 2 aromatic carbocycles. The van der Waals surface area contributed by atoms with Gasteiger partial charge >= 0.3 is 5.97 Å². The maximum absolute atomic E-state index is 12.2. The van der Waals surface area contributed by atoms with Gasteiger partial charge in [-0.15, -0.1) is 0 Å². The molecule has 0 aliphatic heterocycles. The number of likely N-dealkylation sites (N-methyl/N-ethyl adjacent to an activating group) is 1. The van der Waals surface area contributed by atoms with Crippen molar-refractivity contribution < 1.29 is 23.7 Å². The van der Waals surface area contributed by atoms with Gasteiger partial charge in [0.25, 0.3) is 0 Å². The first kappa shape index (κ1) is 23.5. The van der Waals surface area contributed by atoms with E-state index in [1.54, 1.807) is 39.5 Å². The van der Waals surface area contributed by atoms with Crippen molar-refractivity contribution in [2.75, 3.05) is 41.5 Å². The zero-order valence-electron chi connectivity index (χ0n) is 18.6. The zero-order valence-corrected chi connectivity index (χ0v) is 18.6. The fourth-order valence-corrected chi connectivity index (χ4v) is 3.15. The topological polar surface area (TPSA) is 57.2 Å². The first-order chi connectivity index (χ1) is 14.5. The van der Waals surface area contributed by atoms with Crippen molar-refractivity contribution in [3.63, 3.8) is 0 Å². The highest BCUT2D eigenvalue weighted by atomic mass is 16.5. The third kappa shape index (κ3) is 6.95. The molecule has 6 heteroatoms. The van der Waals surface area contributed by atoms with Gasteiger partial charge in [-0.05, 0) is 75.7 Å². The molecule has 0 aliphatic rings. The second-order valence-corrected chi connectivity index (χ2v) is 7.29. The van der Waals surface area contributed by atoms with Crippen molar-refractivity contribution in [2.24, 2.45) is 0 Å². The maximum Gasteiger partial charge on any atom is 0.338 e. The number of ether oxygens (including phenoxy) is 4. The summed E-state index contributed by atoms with van der Waals surface area (Å²) in [6.07, 6.45) is 2.76. The van der Waals surface area contributed by atoms with Crippen LogP contribution < -0.4 is 14.2 Å². The molecule has 0 amide bonds. The largest absolute Gasteiger partial charge is 0.497 e. The number of unbranched alkanes of at least 4 members (excludes halogenated alkanes) is 1. The van der Waals surface area contributed by atoms with E-state index in [2.05, 4.69) is 31.0 Å². The van der Waals surface area contributed by atoms with E-state index in [0.29, 0.717) is 29.7 Å². The summed E-state index contributed by atoms with van der Waals surface area (Å²) in [5.74, 6) is 1.62. The molecule has 0 aromatic heterocycles. The molecule has 2 rings (SSSR count). The molecule has 0 spiro atoms. The van der Waals surface area contributed by atoms with Crippen molar-refractivity contribution in [3.05, 3.63) is 53.6 Å². The van der Waals surface area contributed by atoms with Crippen molar-refractivity contribution in [3.8, 4) is 17.2 Å². The molecule has 0 N–H and O–H groups in total. The number of hydrogen-bond acceptors (Lipinski definition) is 6. The average molecular weight is 416 g/mol. The fraction of sp³-hybridized carbons (Fsp3) is 0.458. The number of carbonyl (C=O) groups excluding carboxylic acids is 1. The Hall–Kier alpha value is -2.73. The Kier molecular flexibility index (Phi) is 9.48. The summed E-state index contributed by atoms with van der Waals surface area (Å²) < 4.78 is 21.0. The van der Waals surface area contributed by atoms with E-state index in [0.717, 1.165) is 31.6 Å². The molecule has 0 bridgehead atoms. The molecule has 30 heavy (non-hydrogen) atoms. The van der Waals surface area contributed by atoms with Gasteiger partial charge in [0.05, 0.1) is 33.5 Å². The van der Waals surface area contributed by atoms with Crippen LogP contribution in [0.4, 0.5) is 0 Å². The lowest BCUT2D eigenvalue weighted by Gasteiger charge is -2.24. The quantitative estimate of drug-likeness (QED) is 0.382. The molecule has 0 saturated heterocycles. The number of rotatable bonds is 12. The van der Waals surface area contributed by atoms with Crippen molar-refractivity contribution in [1.82, 2.24) is 4.90 Å². The molecule has 0 aliphatic carbocycles. The summed E-state index contributed by atoms with van der Waals surface area (Å²) in [6.45, 7) is 3.57. The molecule has 164 valence electrons. The van der Waals surface area contributed by atoms with E-state index in [1.165, 1.54) is 5.56 Å². The first-order valence-corrected chi connectivity index (χ1v) is 10.2. The van der Waals surface area contributed by atoms with Crippen molar-refractivity contribution >= 4 is 5.97 Å². The Labute approximate surface area is 179 Å². The van der Waals surface area contributed by atoms with Crippen LogP contribution in [0.2, 0.25) is 0 Å². The second kappa shape index (κ2) is 12.1. The van der Waals surface area contributed by atoms with E-state index in [9.17, 15) is 4.79 Å². The monoisotopic (exact) mass is 415 g/mol. The lowest BCUT2D eigenvalue weighted by Crippen LogP contribution is -2.31. The first-order valence-electron chi connectivity index (χ1n) is 10.2. The smallest absolute Gasteiger partial charge is 0.338 e. The Bertz CT molecular complexity index is 791. The number of hydrogen-bond donors (Lipinski definition) is 0. The predicted octanol–water partition coefficient (Wildman–Crippen LogP) is 4.21. The molecule has 1 unspecified atom stereocenters. The SMILES string of the molecule is COc1ccc(CC(C)N(C)CCCCOC(=O)c2ccc(OC)c(OC)c2)cc1. The van der Waals surface area contributed by atoms with Gasteiger partial charge in [0.2, 0.25) is 0 Å². The zero-order chi connectivity index (χ0) is 21.9. The molecule has 0 radical (unpaired) electrons. The molecule has 0 saturated carbocycles.